The molecule has 2 nitrogen and oxygen atoms in total. The van der Waals surface area contributed by atoms with Gasteiger partial charge in [-0.3, -0.25) is 4.79 Å². The minimum absolute atomic E-state index is 0.134. The lowest BCUT2D eigenvalue weighted by Gasteiger charge is -2.09. The topological polar surface area (TPSA) is 37.3 Å². The first-order valence-electron chi connectivity index (χ1n) is 4.87. The molecule has 0 aromatic heterocycles. The summed E-state index contributed by atoms with van der Waals surface area (Å²) in [6.45, 7) is 4.37. The second-order valence-corrected chi connectivity index (χ2v) is 3.25. The van der Waals surface area contributed by atoms with Crippen LogP contribution in [0.15, 0.2) is 0 Å². The Morgan fingerprint density at radius 1 is 1.33 bits per heavy atom. The Kier molecular flexibility index (Phi) is 7.06. The maximum Gasteiger partial charge on any atom is 0.133 e. The molecule has 0 bridgehead atoms. The average molecular weight is 172 g/mol. The molecule has 0 heterocycles. The van der Waals surface area contributed by atoms with Crippen LogP contribution in [0.25, 0.3) is 0 Å². The molecule has 12 heavy (non-hydrogen) atoms. The van der Waals surface area contributed by atoms with Crippen LogP contribution in [0, 0.1) is 5.92 Å². The molecule has 0 aliphatic carbocycles. The average Bonchev–Trinajstić information content (AvgIpc) is 2.10. The van der Waals surface area contributed by atoms with E-state index in [9.17, 15) is 4.79 Å². The van der Waals surface area contributed by atoms with Crippen LogP contribution < -0.4 is 0 Å². The fourth-order valence-electron chi connectivity index (χ4n) is 1.28. The zero-order valence-corrected chi connectivity index (χ0v) is 8.18. The van der Waals surface area contributed by atoms with E-state index in [0.717, 1.165) is 12.8 Å². The van der Waals surface area contributed by atoms with E-state index in [0.29, 0.717) is 31.0 Å². The number of aliphatic hydroxyl groups is 1. The van der Waals surface area contributed by atoms with Gasteiger partial charge in [-0.05, 0) is 12.3 Å². The quantitative estimate of drug-likeness (QED) is 0.639. The molecule has 0 aromatic carbocycles. The number of hydrogen-bond acceptors (Lipinski definition) is 2. The highest BCUT2D eigenvalue weighted by Gasteiger charge is 2.09. The van der Waals surface area contributed by atoms with Gasteiger partial charge in [0.05, 0.1) is 0 Å². The van der Waals surface area contributed by atoms with Crippen molar-refractivity contribution in [3.05, 3.63) is 0 Å². The Labute approximate surface area is 75.0 Å². The van der Waals surface area contributed by atoms with Crippen LogP contribution in [0.5, 0.6) is 0 Å². The van der Waals surface area contributed by atoms with Crippen molar-refractivity contribution in [1.29, 1.82) is 0 Å². The lowest BCUT2D eigenvalue weighted by Crippen LogP contribution is -2.07. The third-order valence-electron chi connectivity index (χ3n) is 2.28. The summed E-state index contributed by atoms with van der Waals surface area (Å²) in [6, 6.07) is 0. The predicted molar refractivity (Wildman–Crippen MR) is 50.0 cm³/mol. The maximum atomic E-state index is 11.2. The van der Waals surface area contributed by atoms with Crippen molar-refractivity contribution >= 4 is 5.78 Å². The predicted octanol–water partition coefficient (Wildman–Crippen LogP) is 2.15. The molecule has 0 atom stereocenters. The molecular weight excluding hydrogens is 152 g/mol. The summed E-state index contributed by atoms with van der Waals surface area (Å²) >= 11 is 0. The largest absolute Gasteiger partial charge is 0.396 e. The highest BCUT2D eigenvalue weighted by Crippen LogP contribution is 2.14. The summed E-state index contributed by atoms with van der Waals surface area (Å²) in [4.78, 5) is 11.2. The van der Waals surface area contributed by atoms with Crippen molar-refractivity contribution in [3.8, 4) is 0 Å². The Balaban J connectivity index is 3.52. The third kappa shape index (κ3) is 5.30. The SMILES string of the molecule is CCC(CC)CC(=O)CCCO. The van der Waals surface area contributed by atoms with E-state index >= 15 is 0 Å². The Morgan fingerprint density at radius 2 is 1.92 bits per heavy atom. The van der Waals surface area contributed by atoms with Gasteiger partial charge in [-0.2, -0.15) is 0 Å². The smallest absolute Gasteiger partial charge is 0.133 e. The molecule has 0 saturated heterocycles. The second-order valence-electron chi connectivity index (χ2n) is 3.25. The van der Waals surface area contributed by atoms with Crippen molar-refractivity contribution in [1.82, 2.24) is 0 Å². The van der Waals surface area contributed by atoms with Gasteiger partial charge in [0, 0.05) is 19.4 Å². The molecule has 0 rings (SSSR count). The molecule has 0 aromatic rings. The van der Waals surface area contributed by atoms with Gasteiger partial charge in [-0.25, -0.2) is 0 Å². The number of rotatable bonds is 7. The molecule has 0 aliphatic heterocycles. The van der Waals surface area contributed by atoms with Crippen LogP contribution in [0.1, 0.15) is 46.0 Å². The molecule has 0 unspecified atom stereocenters. The van der Waals surface area contributed by atoms with Crippen molar-refractivity contribution in [3.63, 3.8) is 0 Å². The van der Waals surface area contributed by atoms with Gasteiger partial charge in [-0.1, -0.05) is 26.7 Å². The Hall–Kier alpha value is -0.370. The van der Waals surface area contributed by atoms with E-state index in [1.54, 1.807) is 0 Å². The minimum Gasteiger partial charge on any atom is -0.396 e. The molecule has 1 N–H and O–H groups in total. The van der Waals surface area contributed by atoms with E-state index in [-0.39, 0.29) is 6.61 Å². The summed E-state index contributed by atoms with van der Waals surface area (Å²) in [6.07, 6.45) is 4.04. The van der Waals surface area contributed by atoms with Crippen molar-refractivity contribution in [2.75, 3.05) is 6.61 Å². The van der Waals surface area contributed by atoms with Crippen LogP contribution in [0.3, 0.4) is 0 Å². The van der Waals surface area contributed by atoms with E-state index < -0.39 is 0 Å². The van der Waals surface area contributed by atoms with Gasteiger partial charge < -0.3 is 5.11 Å². The van der Waals surface area contributed by atoms with Gasteiger partial charge in [-0.15, -0.1) is 0 Å². The minimum atomic E-state index is 0.134. The summed E-state index contributed by atoms with van der Waals surface area (Å²) in [5.74, 6) is 0.856. The van der Waals surface area contributed by atoms with E-state index in [1.165, 1.54) is 0 Å². The molecule has 0 amide bonds. The lowest BCUT2D eigenvalue weighted by atomic mass is 9.95. The number of carbonyl (C=O) groups is 1. The summed E-state index contributed by atoms with van der Waals surface area (Å²) < 4.78 is 0. The van der Waals surface area contributed by atoms with Gasteiger partial charge in [0.25, 0.3) is 0 Å². The van der Waals surface area contributed by atoms with Crippen LogP contribution in [-0.2, 0) is 4.79 Å². The fourth-order valence-corrected chi connectivity index (χ4v) is 1.28. The standard InChI is InChI=1S/C10H20O2/c1-3-9(4-2)8-10(12)6-5-7-11/h9,11H,3-8H2,1-2H3. The number of hydrogen-bond donors (Lipinski definition) is 1. The molecule has 72 valence electrons. The molecule has 0 spiro atoms. The number of aliphatic hydroxyl groups excluding tert-OH is 1. The first kappa shape index (κ1) is 11.6. The fraction of sp³-hybridized carbons (Fsp3) is 0.900. The number of ketones is 1. The van der Waals surface area contributed by atoms with Crippen LogP contribution in [-0.4, -0.2) is 17.5 Å². The van der Waals surface area contributed by atoms with Crippen molar-refractivity contribution in [2.24, 2.45) is 5.92 Å². The van der Waals surface area contributed by atoms with Crippen molar-refractivity contribution < 1.29 is 9.90 Å². The molecule has 0 aliphatic rings. The first-order chi connectivity index (χ1) is 5.74. The maximum absolute atomic E-state index is 11.2. The Morgan fingerprint density at radius 3 is 2.33 bits per heavy atom. The molecule has 2 heteroatoms. The van der Waals surface area contributed by atoms with E-state index in [2.05, 4.69) is 13.8 Å². The molecular formula is C10H20O2. The summed E-state index contributed by atoms with van der Waals surface area (Å²) in [5, 5.41) is 8.51. The highest BCUT2D eigenvalue weighted by molar-refractivity contribution is 5.78. The van der Waals surface area contributed by atoms with Gasteiger partial charge in [0.2, 0.25) is 0 Å². The third-order valence-corrected chi connectivity index (χ3v) is 2.28. The monoisotopic (exact) mass is 172 g/mol. The number of carbonyl (C=O) groups excluding carboxylic acids is 1. The van der Waals surface area contributed by atoms with Crippen LogP contribution >= 0.6 is 0 Å². The van der Waals surface area contributed by atoms with Gasteiger partial charge in [0.15, 0.2) is 0 Å². The van der Waals surface area contributed by atoms with Gasteiger partial charge >= 0.3 is 0 Å². The zero-order valence-electron chi connectivity index (χ0n) is 8.18. The highest BCUT2D eigenvalue weighted by atomic mass is 16.3. The van der Waals surface area contributed by atoms with Gasteiger partial charge in [0.1, 0.15) is 5.78 Å². The van der Waals surface area contributed by atoms with Crippen molar-refractivity contribution in [2.45, 2.75) is 46.0 Å². The second kappa shape index (κ2) is 7.29. The normalized spacial score (nSPS) is 10.7. The van der Waals surface area contributed by atoms with Crippen LogP contribution in [0.4, 0.5) is 0 Å². The van der Waals surface area contributed by atoms with E-state index in [4.69, 9.17) is 5.11 Å². The first-order valence-corrected chi connectivity index (χ1v) is 4.87. The summed E-state index contributed by atoms with van der Waals surface area (Å²) in [7, 11) is 0. The van der Waals surface area contributed by atoms with E-state index in [1.807, 2.05) is 0 Å². The zero-order chi connectivity index (χ0) is 9.40. The lowest BCUT2D eigenvalue weighted by molar-refractivity contribution is -0.120. The molecule has 0 saturated carbocycles. The summed E-state index contributed by atoms with van der Waals surface area (Å²) in [5.41, 5.74) is 0. The van der Waals surface area contributed by atoms with Crippen LogP contribution in [0.2, 0.25) is 0 Å². The number of Topliss-reactive ketones (excluding diaryl/α,β-unsaturated/α-hetero) is 1. The molecule has 0 fully saturated rings. The Bertz CT molecular complexity index is 117. The molecule has 0 radical (unpaired) electrons.